The van der Waals surface area contributed by atoms with Crippen molar-refractivity contribution in [1.29, 1.82) is 0 Å². The van der Waals surface area contributed by atoms with Crippen molar-refractivity contribution in [3.63, 3.8) is 0 Å². The minimum Gasteiger partial charge on any atom is -0.462 e. The summed E-state index contributed by atoms with van der Waals surface area (Å²) in [6.45, 7) is 6.61. The van der Waals surface area contributed by atoms with Gasteiger partial charge in [0, 0.05) is 19.3 Å². The monoisotopic (exact) mass is 899 g/mol. The number of carbonyl (C=O) groups is 3. The number of hydrogen-bond donors (Lipinski definition) is 0. The highest BCUT2D eigenvalue weighted by Gasteiger charge is 2.19. The molecule has 0 fully saturated rings. The number of ether oxygens (including phenoxy) is 3. The number of unbranched alkanes of at least 4 members (excludes halogenated alkanes) is 34. The molecular weight excluding hydrogens is 793 g/mol. The summed E-state index contributed by atoms with van der Waals surface area (Å²) in [5.74, 6) is -0.888. The molecule has 0 heterocycles. The van der Waals surface area contributed by atoms with Gasteiger partial charge in [-0.05, 0) is 89.9 Å². The van der Waals surface area contributed by atoms with Crippen LogP contribution in [0, 0.1) is 0 Å². The van der Waals surface area contributed by atoms with Crippen molar-refractivity contribution in [2.75, 3.05) is 13.2 Å². The molecule has 1 unspecified atom stereocenters. The standard InChI is InChI=1S/C58H106O6/c1-4-7-10-13-16-19-22-24-26-28-30-31-33-36-39-42-45-48-51-57(60)63-54-55(53-62-56(59)50-47-44-41-38-35-21-18-15-12-9-6-3)64-58(61)52-49-46-43-40-37-34-32-29-27-25-23-20-17-14-11-8-5-2/h15,18,25,27,30-31,55H,4-14,16-17,19-24,26,28-29,32-54H2,1-3H3/b18-15-,27-25-,31-30-. The van der Waals surface area contributed by atoms with E-state index in [-0.39, 0.29) is 31.1 Å². The molecule has 374 valence electrons. The molecule has 64 heavy (non-hydrogen) atoms. The first kappa shape index (κ1) is 61.6. The van der Waals surface area contributed by atoms with Gasteiger partial charge in [-0.15, -0.1) is 0 Å². The first-order valence-corrected chi connectivity index (χ1v) is 28.0. The molecular formula is C58H106O6. The van der Waals surface area contributed by atoms with Crippen molar-refractivity contribution in [1.82, 2.24) is 0 Å². The Bertz CT molecular complexity index is 1080. The number of carbonyl (C=O) groups excluding carboxylic acids is 3. The fourth-order valence-corrected chi connectivity index (χ4v) is 8.06. The number of allylic oxidation sites excluding steroid dienone is 6. The third kappa shape index (κ3) is 50.6. The molecule has 0 amide bonds. The summed E-state index contributed by atoms with van der Waals surface area (Å²) < 4.78 is 16.8. The molecule has 0 radical (unpaired) electrons. The lowest BCUT2D eigenvalue weighted by atomic mass is 10.1. The zero-order valence-electron chi connectivity index (χ0n) is 42.8. The predicted molar refractivity (Wildman–Crippen MR) is 275 cm³/mol. The van der Waals surface area contributed by atoms with Crippen LogP contribution < -0.4 is 0 Å². The van der Waals surface area contributed by atoms with Crippen molar-refractivity contribution in [3.8, 4) is 0 Å². The normalized spacial score (nSPS) is 12.2. The molecule has 0 N–H and O–H groups in total. The Kier molecular flexibility index (Phi) is 51.3. The quantitative estimate of drug-likeness (QED) is 0.0262. The van der Waals surface area contributed by atoms with E-state index in [9.17, 15) is 14.4 Å². The van der Waals surface area contributed by atoms with E-state index in [1.54, 1.807) is 0 Å². The van der Waals surface area contributed by atoms with Crippen molar-refractivity contribution in [2.45, 2.75) is 303 Å². The van der Waals surface area contributed by atoms with Gasteiger partial charge < -0.3 is 14.2 Å². The molecule has 6 nitrogen and oxygen atoms in total. The first-order valence-electron chi connectivity index (χ1n) is 28.0. The largest absolute Gasteiger partial charge is 0.462 e. The number of hydrogen-bond acceptors (Lipinski definition) is 6. The van der Waals surface area contributed by atoms with Crippen molar-refractivity contribution >= 4 is 17.9 Å². The van der Waals surface area contributed by atoms with Crippen LogP contribution in [0.1, 0.15) is 297 Å². The summed E-state index contributed by atoms with van der Waals surface area (Å²) in [6, 6.07) is 0. The van der Waals surface area contributed by atoms with Crippen molar-refractivity contribution in [3.05, 3.63) is 36.5 Å². The lowest BCUT2D eigenvalue weighted by Gasteiger charge is -2.18. The first-order chi connectivity index (χ1) is 31.5. The van der Waals surface area contributed by atoms with Gasteiger partial charge in [0.05, 0.1) is 0 Å². The average molecular weight is 899 g/mol. The highest BCUT2D eigenvalue weighted by atomic mass is 16.6. The molecule has 1 atom stereocenters. The highest BCUT2D eigenvalue weighted by Crippen LogP contribution is 2.15. The predicted octanol–water partition coefficient (Wildman–Crippen LogP) is 18.5. The highest BCUT2D eigenvalue weighted by molar-refractivity contribution is 5.71. The van der Waals surface area contributed by atoms with Crippen molar-refractivity contribution in [2.24, 2.45) is 0 Å². The van der Waals surface area contributed by atoms with E-state index in [0.29, 0.717) is 19.3 Å². The van der Waals surface area contributed by atoms with Gasteiger partial charge in [-0.25, -0.2) is 0 Å². The third-order valence-corrected chi connectivity index (χ3v) is 12.3. The van der Waals surface area contributed by atoms with Gasteiger partial charge in [-0.1, -0.05) is 224 Å². The maximum absolute atomic E-state index is 12.8. The Balaban J connectivity index is 4.33. The topological polar surface area (TPSA) is 78.9 Å². The van der Waals surface area contributed by atoms with Gasteiger partial charge in [0.15, 0.2) is 6.10 Å². The van der Waals surface area contributed by atoms with Gasteiger partial charge in [0.25, 0.3) is 0 Å². The van der Waals surface area contributed by atoms with Crippen LogP contribution in [0.15, 0.2) is 36.5 Å². The Morgan fingerprint density at radius 2 is 0.531 bits per heavy atom. The summed E-state index contributed by atoms with van der Waals surface area (Å²) in [5, 5.41) is 0. The number of esters is 3. The summed E-state index contributed by atoms with van der Waals surface area (Å²) in [4.78, 5) is 38.0. The molecule has 0 aromatic rings. The van der Waals surface area contributed by atoms with E-state index in [2.05, 4.69) is 57.2 Å². The zero-order valence-corrected chi connectivity index (χ0v) is 42.8. The van der Waals surface area contributed by atoms with Crippen LogP contribution in [-0.2, 0) is 28.6 Å². The second-order valence-electron chi connectivity index (χ2n) is 18.8. The molecule has 0 bridgehead atoms. The molecule has 0 aliphatic heterocycles. The van der Waals surface area contributed by atoms with Crippen LogP contribution in [0.2, 0.25) is 0 Å². The molecule has 0 aliphatic carbocycles. The van der Waals surface area contributed by atoms with Crippen molar-refractivity contribution < 1.29 is 28.6 Å². The lowest BCUT2D eigenvalue weighted by molar-refractivity contribution is -0.167. The maximum atomic E-state index is 12.8. The summed E-state index contributed by atoms with van der Waals surface area (Å²) >= 11 is 0. The minimum atomic E-state index is -0.779. The molecule has 0 saturated heterocycles. The fraction of sp³-hybridized carbons (Fsp3) is 0.845. The summed E-state index contributed by atoms with van der Waals surface area (Å²) in [6.07, 6.45) is 62.8. The Labute approximate surface area is 397 Å². The summed E-state index contributed by atoms with van der Waals surface area (Å²) in [5.41, 5.74) is 0. The zero-order chi connectivity index (χ0) is 46.5. The van der Waals surface area contributed by atoms with Crippen LogP contribution in [0.5, 0.6) is 0 Å². The molecule has 6 heteroatoms. The Morgan fingerprint density at radius 1 is 0.297 bits per heavy atom. The Morgan fingerprint density at radius 3 is 0.828 bits per heavy atom. The van der Waals surface area contributed by atoms with E-state index in [1.165, 1.54) is 186 Å². The molecule has 0 rings (SSSR count). The number of rotatable bonds is 51. The van der Waals surface area contributed by atoms with Crippen LogP contribution in [0.4, 0.5) is 0 Å². The fourth-order valence-electron chi connectivity index (χ4n) is 8.06. The van der Waals surface area contributed by atoms with E-state index in [1.807, 2.05) is 0 Å². The van der Waals surface area contributed by atoms with E-state index in [4.69, 9.17) is 14.2 Å². The van der Waals surface area contributed by atoms with Gasteiger partial charge in [-0.3, -0.25) is 14.4 Å². The van der Waals surface area contributed by atoms with Crippen LogP contribution in [0.3, 0.4) is 0 Å². The molecule has 0 spiro atoms. The van der Waals surface area contributed by atoms with E-state index >= 15 is 0 Å². The smallest absolute Gasteiger partial charge is 0.306 e. The Hall–Kier alpha value is -2.37. The lowest BCUT2D eigenvalue weighted by Crippen LogP contribution is -2.30. The third-order valence-electron chi connectivity index (χ3n) is 12.3. The van der Waals surface area contributed by atoms with E-state index < -0.39 is 6.10 Å². The van der Waals surface area contributed by atoms with Crippen LogP contribution in [-0.4, -0.2) is 37.2 Å². The van der Waals surface area contributed by atoms with Crippen LogP contribution >= 0.6 is 0 Å². The van der Waals surface area contributed by atoms with E-state index in [0.717, 1.165) is 70.6 Å². The molecule has 0 aliphatic rings. The second kappa shape index (κ2) is 53.2. The second-order valence-corrected chi connectivity index (χ2v) is 18.8. The van der Waals surface area contributed by atoms with Gasteiger partial charge in [0.1, 0.15) is 13.2 Å². The van der Waals surface area contributed by atoms with Gasteiger partial charge in [0.2, 0.25) is 0 Å². The maximum Gasteiger partial charge on any atom is 0.306 e. The average Bonchev–Trinajstić information content (AvgIpc) is 3.29. The molecule has 0 aromatic heterocycles. The summed E-state index contributed by atoms with van der Waals surface area (Å²) in [7, 11) is 0. The SMILES string of the molecule is CCCC/C=C\CCCCCCCC(=O)OCC(COC(=O)CCCCCCC/C=C\CCCCCCCCCCC)OC(=O)CCCCCCCCC/C=C\CCCCCCCC. The molecule has 0 saturated carbocycles. The molecule has 0 aromatic carbocycles. The van der Waals surface area contributed by atoms with Gasteiger partial charge in [-0.2, -0.15) is 0 Å². The van der Waals surface area contributed by atoms with Crippen LogP contribution in [0.25, 0.3) is 0 Å². The minimum absolute atomic E-state index is 0.0790. The van der Waals surface area contributed by atoms with Gasteiger partial charge >= 0.3 is 17.9 Å².